The first-order valence-corrected chi connectivity index (χ1v) is 7.22. The summed E-state index contributed by atoms with van der Waals surface area (Å²) >= 11 is 1.14. The molecule has 21 heavy (non-hydrogen) atoms. The van der Waals surface area contributed by atoms with Gasteiger partial charge in [0.25, 0.3) is 0 Å². The molecule has 0 atom stereocenters. The smallest absolute Gasteiger partial charge is 0.344 e. The van der Waals surface area contributed by atoms with Crippen molar-refractivity contribution in [3.8, 4) is 5.75 Å². The first-order chi connectivity index (χ1) is 10.2. The van der Waals surface area contributed by atoms with Crippen molar-refractivity contribution in [2.24, 2.45) is 0 Å². The van der Waals surface area contributed by atoms with Crippen molar-refractivity contribution >= 4 is 28.3 Å². The molecule has 2 aromatic rings. The molecule has 0 saturated heterocycles. The van der Waals surface area contributed by atoms with Crippen LogP contribution in [0.5, 0.6) is 5.75 Å². The molecule has 2 rings (SSSR count). The second kappa shape index (κ2) is 6.94. The Morgan fingerprint density at radius 2 is 2.19 bits per heavy atom. The lowest BCUT2D eigenvalue weighted by atomic mass is 10.2. The summed E-state index contributed by atoms with van der Waals surface area (Å²) in [6, 6.07) is 7.65. The van der Waals surface area contributed by atoms with Gasteiger partial charge in [-0.05, 0) is 24.5 Å². The molecule has 112 valence electrons. The molecular formula is C14H17N3O3S. The molecule has 0 radical (unpaired) electrons. The first-order valence-electron chi connectivity index (χ1n) is 6.45. The van der Waals surface area contributed by atoms with Crippen molar-refractivity contribution in [1.29, 1.82) is 0 Å². The number of benzene rings is 1. The third kappa shape index (κ3) is 3.43. The largest absolute Gasteiger partial charge is 0.496 e. The van der Waals surface area contributed by atoms with Crippen LogP contribution in [-0.2, 0) is 11.3 Å². The second-order valence-electron chi connectivity index (χ2n) is 4.16. The number of esters is 1. The van der Waals surface area contributed by atoms with Crippen molar-refractivity contribution in [3.63, 3.8) is 0 Å². The van der Waals surface area contributed by atoms with Gasteiger partial charge in [-0.3, -0.25) is 0 Å². The van der Waals surface area contributed by atoms with E-state index in [2.05, 4.69) is 9.69 Å². The van der Waals surface area contributed by atoms with Crippen molar-refractivity contribution in [2.75, 3.05) is 24.8 Å². The minimum absolute atomic E-state index is 0.181. The zero-order valence-electron chi connectivity index (χ0n) is 11.9. The van der Waals surface area contributed by atoms with E-state index in [9.17, 15) is 4.79 Å². The number of aromatic nitrogens is 1. The Kier molecular flexibility index (Phi) is 4.99. The van der Waals surface area contributed by atoms with E-state index >= 15 is 0 Å². The van der Waals surface area contributed by atoms with Gasteiger partial charge < -0.3 is 20.5 Å². The van der Waals surface area contributed by atoms with E-state index in [-0.39, 0.29) is 11.4 Å². The van der Waals surface area contributed by atoms with Crippen LogP contribution in [0, 0.1) is 0 Å². The maximum atomic E-state index is 11.9. The van der Waals surface area contributed by atoms with Gasteiger partial charge in [-0.25, -0.2) is 4.79 Å². The molecule has 0 bridgehead atoms. The standard InChI is InChI=1S/C14H17N3O3S/c1-3-20-14(18)11-12(15)17-21-13(11)16-8-9-6-4-5-7-10(9)19-2/h4-7,16H,3,8H2,1-2H3,(H2,15,17). The molecule has 3 N–H and O–H groups in total. The Hall–Kier alpha value is -2.28. The predicted molar refractivity (Wildman–Crippen MR) is 82.8 cm³/mol. The molecule has 6 nitrogen and oxygen atoms in total. The van der Waals surface area contributed by atoms with Crippen LogP contribution >= 0.6 is 11.5 Å². The highest BCUT2D eigenvalue weighted by atomic mass is 32.1. The highest BCUT2D eigenvalue weighted by molar-refractivity contribution is 7.11. The van der Waals surface area contributed by atoms with E-state index in [4.69, 9.17) is 15.2 Å². The van der Waals surface area contributed by atoms with Crippen LogP contribution in [-0.4, -0.2) is 24.1 Å². The lowest BCUT2D eigenvalue weighted by Gasteiger charge is -2.10. The van der Waals surface area contributed by atoms with Gasteiger partial charge in [0.05, 0.1) is 13.7 Å². The van der Waals surface area contributed by atoms with Crippen LogP contribution in [0.2, 0.25) is 0 Å². The molecule has 1 heterocycles. The molecule has 0 spiro atoms. The number of carbonyl (C=O) groups excluding carboxylic acids is 1. The topological polar surface area (TPSA) is 86.5 Å². The minimum Gasteiger partial charge on any atom is -0.496 e. The van der Waals surface area contributed by atoms with Crippen LogP contribution in [0.4, 0.5) is 10.8 Å². The van der Waals surface area contributed by atoms with E-state index in [0.717, 1.165) is 22.8 Å². The van der Waals surface area contributed by atoms with Crippen molar-refractivity contribution in [2.45, 2.75) is 13.5 Å². The molecule has 7 heteroatoms. The average Bonchev–Trinajstić information content (AvgIpc) is 2.86. The Bertz CT molecular complexity index is 628. The van der Waals surface area contributed by atoms with Gasteiger partial charge in [0.15, 0.2) is 5.82 Å². The molecule has 1 aromatic carbocycles. The third-order valence-corrected chi connectivity index (χ3v) is 3.65. The zero-order chi connectivity index (χ0) is 15.2. The Morgan fingerprint density at radius 1 is 1.43 bits per heavy atom. The van der Waals surface area contributed by atoms with Gasteiger partial charge in [0.2, 0.25) is 0 Å². The van der Waals surface area contributed by atoms with Crippen molar-refractivity contribution < 1.29 is 14.3 Å². The number of hydrogen-bond donors (Lipinski definition) is 2. The third-order valence-electron chi connectivity index (χ3n) is 2.83. The Morgan fingerprint density at radius 3 is 2.90 bits per heavy atom. The number of nitrogen functional groups attached to an aromatic ring is 1. The van der Waals surface area contributed by atoms with Gasteiger partial charge in [0, 0.05) is 12.1 Å². The van der Waals surface area contributed by atoms with E-state index in [1.54, 1.807) is 14.0 Å². The number of nitrogens with zero attached hydrogens (tertiary/aromatic N) is 1. The van der Waals surface area contributed by atoms with Crippen molar-refractivity contribution in [3.05, 3.63) is 35.4 Å². The number of hydrogen-bond acceptors (Lipinski definition) is 7. The monoisotopic (exact) mass is 307 g/mol. The van der Waals surface area contributed by atoms with Crippen LogP contribution in [0.25, 0.3) is 0 Å². The molecule has 0 fully saturated rings. The number of para-hydroxylation sites is 1. The van der Waals surface area contributed by atoms with Crippen LogP contribution in [0.3, 0.4) is 0 Å². The van der Waals surface area contributed by atoms with Gasteiger partial charge >= 0.3 is 5.97 Å². The van der Waals surface area contributed by atoms with Crippen molar-refractivity contribution in [1.82, 2.24) is 4.37 Å². The molecule has 0 saturated carbocycles. The maximum Gasteiger partial charge on any atom is 0.344 e. The zero-order valence-corrected chi connectivity index (χ0v) is 12.7. The van der Waals surface area contributed by atoms with Gasteiger partial charge in [-0.2, -0.15) is 4.37 Å². The van der Waals surface area contributed by atoms with E-state index in [1.807, 2.05) is 24.3 Å². The molecule has 1 aromatic heterocycles. The molecule has 0 aliphatic carbocycles. The second-order valence-corrected chi connectivity index (χ2v) is 4.93. The highest BCUT2D eigenvalue weighted by Gasteiger charge is 2.20. The van der Waals surface area contributed by atoms with E-state index < -0.39 is 5.97 Å². The Labute approximate surface area is 127 Å². The SMILES string of the molecule is CCOC(=O)c1c(N)nsc1NCc1ccccc1OC. The predicted octanol–water partition coefficient (Wildman–Crippen LogP) is 2.52. The van der Waals surface area contributed by atoms with Crippen LogP contribution in [0.15, 0.2) is 24.3 Å². The number of carbonyl (C=O) groups is 1. The number of nitrogens with two attached hydrogens (primary N) is 1. The first kappa shape index (κ1) is 15.1. The fraction of sp³-hybridized carbons (Fsp3) is 0.286. The summed E-state index contributed by atoms with van der Waals surface area (Å²) in [5, 5.41) is 3.75. The summed E-state index contributed by atoms with van der Waals surface area (Å²) in [7, 11) is 1.62. The molecule has 0 aliphatic rings. The van der Waals surface area contributed by atoms with E-state index in [0.29, 0.717) is 18.2 Å². The Balaban J connectivity index is 2.15. The summed E-state index contributed by atoms with van der Waals surface area (Å²) in [4.78, 5) is 11.9. The van der Waals surface area contributed by atoms with E-state index in [1.165, 1.54) is 0 Å². The summed E-state index contributed by atoms with van der Waals surface area (Å²) < 4.78 is 14.3. The van der Waals surface area contributed by atoms with Gasteiger partial charge in [-0.15, -0.1) is 0 Å². The molecule has 0 aliphatic heterocycles. The molecule has 0 amide bonds. The summed E-state index contributed by atoms with van der Waals surface area (Å²) in [5.41, 5.74) is 6.99. The maximum absolute atomic E-state index is 11.9. The number of rotatable bonds is 6. The fourth-order valence-corrected chi connectivity index (χ4v) is 2.54. The normalized spacial score (nSPS) is 10.2. The lowest BCUT2D eigenvalue weighted by Crippen LogP contribution is -2.10. The number of anilines is 2. The van der Waals surface area contributed by atoms with Gasteiger partial charge in [-0.1, -0.05) is 18.2 Å². The van der Waals surface area contributed by atoms with Crippen LogP contribution < -0.4 is 15.8 Å². The summed E-state index contributed by atoms with van der Waals surface area (Å²) in [6.07, 6.45) is 0. The summed E-state index contributed by atoms with van der Waals surface area (Å²) in [5.74, 6) is 0.493. The number of nitrogens with one attached hydrogen (secondary N) is 1. The van der Waals surface area contributed by atoms with Gasteiger partial charge in [0.1, 0.15) is 16.3 Å². The quantitative estimate of drug-likeness (QED) is 0.798. The van der Waals surface area contributed by atoms with Crippen LogP contribution in [0.1, 0.15) is 22.8 Å². The lowest BCUT2D eigenvalue weighted by molar-refractivity contribution is 0.0529. The molecular weight excluding hydrogens is 290 g/mol. The average molecular weight is 307 g/mol. The number of methoxy groups -OCH3 is 1. The number of ether oxygens (including phenoxy) is 2. The minimum atomic E-state index is -0.466. The highest BCUT2D eigenvalue weighted by Crippen LogP contribution is 2.29. The molecule has 0 unspecified atom stereocenters. The summed E-state index contributed by atoms with van der Waals surface area (Å²) in [6.45, 7) is 2.54. The fourth-order valence-electron chi connectivity index (χ4n) is 1.85.